The topological polar surface area (TPSA) is 49.8 Å². The van der Waals surface area contributed by atoms with Crippen molar-refractivity contribution in [2.24, 2.45) is 0 Å². The summed E-state index contributed by atoms with van der Waals surface area (Å²) in [6, 6.07) is 13.2. The fraction of sp³-hybridized carbons (Fsp3) is 0.412. The predicted octanol–water partition coefficient (Wildman–Crippen LogP) is 3.93. The van der Waals surface area contributed by atoms with Crippen molar-refractivity contribution in [3.8, 4) is 11.3 Å². The molecule has 0 aliphatic heterocycles. The smallest absolute Gasteiger partial charge is 0.225 e. The van der Waals surface area contributed by atoms with Gasteiger partial charge in [-0.25, -0.2) is 4.98 Å². The lowest BCUT2D eigenvalue weighted by Crippen LogP contribution is -2.16. The third kappa shape index (κ3) is 3.72. The first kappa shape index (κ1) is 13.9. The molecule has 3 rings (SSSR count). The fourth-order valence-corrected chi connectivity index (χ4v) is 2.11. The molecule has 1 fully saturated rings. The average molecular weight is 282 g/mol. The number of rotatable bonds is 6. The minimum Gasteiger partial charge on any atom is -0.367 e. The van der Waals surface area contributed by atoms with Gasteiger partial charge < -0.3 is 10.6 Å². The molecule has 4 heteroatoms. The third-order valence-corrected chi connectivity index (χ3v) is 3.71. The Morgan fingerprint density at radius 1 is 1.19 bits per heavy atom. The van der Waals surface area contributed by atoms with Gasteiger partial charge in [0.15, 0.2) is 0 Å². The molecule has 1 aromatic heterocycles. The molecule has 0 spiro atoms. The van der Waals surface area contributed by atoms with E-state index >= 15 is 0 Å². The maximum atomic E-state index is 4.65. The maximum absolute atomic E-state index is 4.65. The molecule has 0 bridgehead atoms. The van der Waals surface area contributed by atoms with Crippen molar-refractivity contribution >= 4 is 11.8 Å². The van der Waals surface area contributed by atoms with E-state index in [4.69, 9.17) is 0 Å². The second-order valence-corrected chi connectivity index (χ2v) is 5.70. The average Bonchev–Trinajstić information content (AvgIpc) is 3.31. The van der Waals surface area contributed by atoms with Gasteiger partial charge in [0.25, 0.3) is 0 Å². The van der Waals surface area contributed by atoms with E-state index in [1.54, 1.807) is 0 Å². The number of benzene rings is 1. The molecular weight excluding hydrogens is 260 g/mol. The lowest BCUT2D eigenvalue weighted by Gasteiger charge is -2.14. The largest absolute Gasteiger partial charge is 0.367 e. The van der Waals surface area contributed by atoms with Gasteiger partial charge in [-0.05, 0) is 26.2 Å². The summed E-state index contributed by atoms with van der Waals surface area (Å²) in [5, 5.41) is 6.84. The molecule has 1 aliphatic carbocycles. The van der Waals surface area contributed by atoms with Gasteiger partial charge in [0.05, 0.1) is 5.69 Å². The Labute approximate surface area is 126 Å². The van der Waals surface area contributed by atoms with Crippen molar-refractivity contribution in [1.82, 2.24) is 9.97 Å². The van der Waals surface area contributed by atoms with E-state index in [9.17, 15) is 0 Å². The van der Waals surface area contributed by atoms with E-state index in [-0.39, 0.29) is 0 Å². The zero-order chi connectivity index (χ0) is 14.7. The Hall–Kier alpha value is -2.10. The summed E-state index contributed by atoms with van der Waals surface area (Å²) in [5.41, 5.74) is 2.07. The molecule has 21 heavy (non-hydrogen) atoms. The lowest BCUT2D eigenvalue weighted by molar-refractivity contribution is 0.758. The summed E-state index contributed by atoms with van der Waals surface area (Å²) < 4.78 is 0. The van der Waals surface area contributed by atoms with Crippen molar-refractivity contribution < 1.29 is 0 Å². The predicted molar refractivity (Wildman–Crippen MR) is 87.5 cm³/mol. The normalized spacial score (nSPS) is 15.5. The van der Waals surface area contributed by atoms with Crippen LogP contribution in [0.1, 0.15) is 33.1 Å². The van der Waals surface area contributed by atoms with Crippen molar-refractivity contribution in [2.75, 3.05) is 10.6 Å². The molecule has 110 valence electrons. The fourth-order valence-electron chi connectivity index (χ4n) is 2.11. The summed E-state index contributed by atoms with van der Waals surface area (Å²) >= 11 is 0. The molecule has 0 saturated heterocycles. The zero-order valence-corrected chi connectivity index (χ0v) is 12.6. The first-order chi connectivity index (χ1) is 10.2. The second kappa shape index (κ2) is 6.12. The molecular formula is C17H22N4. The summed E-state index contributed by atoms with van der Waals surface area (Å²) in [6.07, 6.45) is 3.50. The molecule has 1 aliphatic rings. The van der Waals surface area contributed by atoms with Crippen LogP contribution in [0.25, 0.3) is 11.3 Å². The van der Waals surface area contributed by atoms with E-state index in [1.807, 2.05) is 24.3 Å². The van der Waals surface area contributed by atoms with Gasteiger partial charge in [-0.2, -0.15) is 4.98 Å². The maximum Gasteiger partial charge on any atom is 0.225 e. The molecule has 1 aromatic carbocycles. The first-order valence-corrected chi connectivity index (χ1v) is 7.72. The van der Waals surface area contributed by atoms with Gasteiger partial charge in [0.1, 0.15) is 5.82 Å². The van der Waals surface area contributed by atoms with Crippen LogP contribution in [0.15, 0.2) is 36.4 Å². The summed E-state index contributed by atoms with van der Waals surface area (Å²) in [6.45, 7) is 4.33. The second-order valence-electron chi connectivity index (χ2n) is 5.70. The SMILES string of the molecule is CCC(C)Nc1cc(-c2ccccc2)nc(NC2CC2)n1. The quantitative estimate of drug-likeness (QED) is 0.843. The van der Waals surface area contributed by atoms with Gasteiger partial charge in [0.2, 0.25) is 5.95 Å². The molecule has 4 nitrogen and oxygen atoms in total. The van der Waals surface area contributed by atoms with Crippen LogP contribution in [0.4, 0.5) is 11.8 Å². The molecule has 1 atom stereocenters. The molecule has 2 N–H and O–H groups in total. The van der Waals surface area contributed by atoms with Crippen molar-refractivity contribution in [1.29, 1.82) is 0 Å². The zero-order valence-electron chi connectivity index (χ0n) is 12.6. The van der Waals surface area contributed by atoms with Crippen molar-refractivity contribution in [3.63, 3.8) is 0 Å². The summed E-state index contributed by atoms with van der Waals surface area (Å²) in [5.74, 6) is 1.62. The van der Waals surface area contributed by atoms with Crippen LogP contribution in [0, 0.1) is 0 Å². The van der Waals surface area contributed by atoms with E-state index in [0.717, 1.165) is 29.4 Å². The van der Waals surface area contributed by atoms with E-state index in [0.29, 0.717) is 12.1 Å². The number of nitrogens with one attached hydrogen (secondary N) is 2. The number of hydrogen-bond acceptors (Lipinski definition) is 4. The van der Waals surface area contributed by atoms with Crippen LogP contribution in [-0.4, -0.2) is 22.1 Å². The van der Waals surface area contributed by atoms with E-state index in [2.05, 4.69) is 46.6 Å². The Morgan fingerprint density at radius 2 is 1.95 bits per heavy atom. The molecule has 1 heterocycles. The van der Waals surface area contributed by atoms with Gasteiger partial charge in [-0.3, -0.25) is 0 Å². The number of nitrogens with zero attached hydrogens (tertiary/aromatic N) is 2. The minimum atomic E-state index is 0.400. The Balaban J connectivity index is 1.91. The van der Waals surface area contributed by atoms with Crippen LogP contribution in [0.2, 0.25) is 0 Å². The van der Waals surface area contributed by atoms with Crippen LogP contribution in [0.5, 0.6) is 0 Å². The lowest BCUT2D eigenvalue weighted by atomic mass is 10.1. The van der Waals surface area contributed by atoms with Gasteiger partial charge in [-0.1, -0.05) is 37.3 Å². The van der Waals surface area contributed by atoms with Crippen LogP contribution in [0.3, 0.4) is 0 Å². The molecule has 0 radical (unpaired) electrons. The minimum absolute atomic E-state index is 0.400. The highest BCUT2D eigenvalue weighted by Gasteiger charge is 2.22. The van der Waals surface area contributed by atoms with Crippen LogP contribution < -0.4 is 10.6 Å². The van der Waals surface area contributed by atoms with Gasteiger partial charge in [-0.15, -0.1) is 0 Å². The molecule has 2 aromatic rings. The highest BCUT2D eigenvalue weighted by molar-refractivity contribution is 5.64. The van der Waals surface area contributed by atoms with Crippen molar-refractivity contribution in [2.45, 2.75) is 45.2 Å². The number of aromatic nitrogens is 2. The standard InChI is InChI=1S/C17H22N4/c1-3-12(2)18-16-11-15(13-7-5-4-6-8-13)20-17(21-16)19-14-9-10-14/h4-8,11-12,14H,3,9-10H2,1-2H3,(H2,18,19,20,21). The Kier molecular flexibility index (Phi) is 4.04. The molecule has 1 unspecified atom stereocenters. The molecule has 0 amide bonds. The van der Waals surface area contributed by atoms with Crippen LogP contribution in [-0.2, 0) is 0 Å². The Bertz CT molecular complexity index is 593. The van der Waals surface area contributed by atoms with Gasteiger partial charge >= 0.3 is 0 Å². The van der Waals surface area contributed by atoms with Crippen molar-refractivity contribution in [3.05, 3.63) is 36.4 Å². The molecule has 1 saturated carbocycles. The van der Waals surface area contributed by atoms with Gasteiger partial charge in [0, 0.05) is 23.7 Å². The summed E-state index contributed by atoms with van der Waals surface area (Å²) in [7, 11) is 0. The monoisotopic (exact) mass is 282 g/mol. The summed E-state index contributed by atoms with van der Waals surface area (Å²) in [4.78, 5) is 9.25. The first-order valence-electron chi connectivity index (χ1n) is 7.72. The Morgan fingerprint density at radius 3 is 2.62 bits per heavy atom. The number of anilines is 2. The van der Waals surface area contributed by atoms with Crippen LogP contribution >= 0.6 is 0 Å². The van der Waals surface area contributed by atoms with E-state index < -0.39 is 0 Å². The highest BCUT2D eigenvalue weighted by Crippen LogP contribution is 2.26. The number of hydrogen-bond donors (Lipinski definition) is 2. The highest BCUT2D eigenvalue weighted by atomic mass is 15.2. The third-order valence-electron chi connectivity index (χ3n) is 3.71. The van der Waals surface area contributed by atoms with E-state index in [1.165, 1.54) is 12.8 Å².